The normalized spacial score (nSPS) is 15.1. The highest BCUT2D eigenvalue weighted by molar-refractivity contribution is 7.11. The van der Waals surface area contributed by atoms with E-state index in [1.165, 1.54) is 12.1 Å². The molecule has 0 radical (unpaired) electrons. The van der Waals surface area contributed by atoms with Crippen molar-refractivity contribution in [3.8, 4) is 0 Å². The van der Waals surface area contributed by atoms with Crippen molar-refractivity contribution < 1.29 is 22.8 Å². The lowest BCUT2D eigenvalue weighted by Gasteiger charge is -2.26. The molecule has 1 aromatic heterocycles. The zero-order chi connectivity index (χ0) is 21.9. The van der Waals surface area contributed by atoms with Crippen LogP contribution >= 0.6 is 34.7 Å². The molecule has 1 heterocycles. The topological polar surface area (TPSA) is 62.3 Å². The molecule has 1 aliphatic rings. The van der Waals surface area contributed by atoms with E-state index in [1.807, 2.05) is 0 Å². The van der Waals surface area contributed by atoms with E-state index in [9.17, 15) is 22.8 Å². The van der Waals surface area contributed by atoms with Crippen molar-refractivity contribution in [2.24, 2.45) is 0 Å². The van der Waals surface area contributed by atoms with Gasteiger partial charge in [0.1, 0.15) is 15.9 Å². The average molecular weight is 480 g/mol. The number of nitrogens with one attached hydrogen (secondary N) is 1. The van der Waals surface area contributed by atoms with Crippen molar-refractivity contribution in [1.29, 1.82) is 0 Å². The van der Waals surface area contributed by atoms with E-state index in [4.69, 9.17) is 23.2 Å². The highest BCUT2D eigenvalue weighted by Gasteiger charge is 2.33. The van der Waals surface area contributed by atoms with Crippen molar-refractivity contribution in [3.05, 3.63) is 44.9 Å². The summed E-state index contributed by atoms with van der Waals surface area (Å²) in [5.74, 6) is -1.27. The Bertz CT molecular complexity index is 930. The highest BCUT2D eigenvalue weighted by Crippen LogP contribution is 2.34. The fraction of sp³-hybridized carbons (Fsp3) is 0.421. The number of halogens is 5. The summed E-state index contributed by atoms with van der Waals surface area (Å²) in [6, 6.07) is 4.19. The van der Waals surface area contributed by atoms with E-state index in [2.05, 4.69) is 9.69 Å². The Morgan fingerprint density at radius 2 is 1.90 bits per heavy atom. The van der Waals surface area contributed by atoms with Crippen LogP contribution in [0.15, 0.2) is 24.3 Å². The summed E-state index contributed by atoms with van der Waals surface area (Å²) in [4.78, 5) is 26.6. The molecule has 11 heteroatoms. The first-order chi connectivity index (χ1) is 14.2. The Morgan fingerprint density at radius 3 is 2.50 bits per heavy atom. The van der Waals surface area contributed by atoms with Gasteiger partial charge < -0.3 is 5.32 Å². The van der Waals surface area contributed by atoms with Crippen LogP contribution in [0.3, 0.4) is 0 Å². The SMILES string of the molecule is O=C(CN(C(=O)c1nsc(Cl)c1Cl)c1cccc(C(F)(F)F)c1)NC1CCCCC1. The fourth-order valence-electron chi connectivity index (χ4n) is 3.31. The van der Waals surface area contributed by atoms with Crippen LogP contribution in [-0.2, 0) is 11.0 Å². The summed E-state index contributed by atoms with van der Waals surface area (Å²) in [7, 11) is 0. The summed E-state index contributed by atoms with van der Waals surface area (Å²) in [6.07, 6.45) is 0.150. The Kier molecular flexibility index (Phi) is 7.26. The van der Waals surface area contributed by atoms with Gasteiger partial charge >= 0.3 is 6.18 Å². The fourth-order valence-corrected chi connectivity index (χ4v) is 4.30. The summed E-state index contributed by atoms with van der Waals surface area (Å²) >= 11 is 12.7. The lowest BCUT2D eigenvalue weighted by atomic mass is 9.95. The van der Waals surface area contributed by atoms with E-state index in [0.717, 1.165) is 60.7 Å². The van der Waals surface area contributed by atoms with Gasteiger partial charge in [-0.2, -0.15) is 17.5 Å². The van der Waals surface area contributed by atoms with Gasteiger partial charge in [-0.15, -0.1) is 0 Å². The maximum Gasteiger partial charge on any atom is 0.416 e. The minimum Gasteiger partial charge on any atom is -0.352 e. The third kappa shape index (κ3) is 5.44. The number of nitrogens with zero attached hydrogens (tertiary/aromatic N) is 2. The summed E-state index contributed by atoms with van der Waals surface area (Å²) in [6.45, 7) is -0.470. The van der Waals surface area contributed by atoms with Gasteiger partial charge in [0, 0.05) is 11.7 Å². The number of aromatic nitrogens is 1. The number of amides is 2. The molecule has 1 fully saturated rings. The third-order valence-electron chi connectivity index (χ3n) is 4.80. The zero-order valence-corrected chi connectivity index (χ0v) is 18.0. The molecule has 0 atom stereocenters. The second-order valence-corrected chi connectivity index (χ2v) is 8.71. The van der Waals surface area contributed by atoms with Gasteiger partial charge in [0.15, 0.2) is 5.69 Å². The predicted octanol–water partition coefficient (Wildman–Crippen LogP) is 5.56. The standard InChI is InChI=1S/C19H18Cl2F3N3O2S/c20-15-16(26-30-17(15)21)18(29)27(10-14(28)25-12-6-2-1-3-7-12)13-8-4-5-11(9-13)19(22,23)24/h4-5,8-9,12H,1-3,6-7,10H2,(H,25,28). The second kappa shape index (κ2) is 9.53. The Labute approximate surface area is 185 Å². The molecule has 30 heavy (non-hydrogen) atoms. The van der Waals surface area contributed by atoms with E-state index in [1.54, 1.807) is 0 Å². The van der Waals surface area contributed by atoms with Gasteiger partial charge in [-0.05, 0) is 42.6 Å². The summed E-state index contributed by atoms with van der Waals surface area (Å²) in [5, 5.41) is 2.76. The number of hydrogen-bond acceptors (Lipinski definition) is 4. The summed E-state index contributed by atoms with van der Waals surface area (Å²) < 4.78 is 43.5. The van der Waals surface area contributed by atoms with Gasteiger partial charge in [-0.3, -0.25) is 14.5 Å². The minimum absolute atomic E-state index is 0.0120. The van der Waals surface area contributed by atoms with Crippen molar-refractivity contribution in [1.82, 2.24) is 9.69 Å². The first-order valence-corrected chi connectivity index (χ1v) is 10.8. The van der Waals surface area contributed by atoms with Gasteiger partial charge in [-0.25, -0.2) is 0 Å². The molecule has 0 unspecified atom stereocenters. The lowest BCUT2D eigenvalue weighted by Crippen LogP contribution is -2.45. The quantitative estimate of drug-likeness (QED) is 0.609. The molecule has 0 saturated heterocycles. The van der Waals surface area contributed by atoms with Gasteiger partial charge in [-0.1, -0.05) is 48.5 Å². The van der Waals surface area contributed by atoms with E-state index in [-0.39, 0.29) is 26.8 Å². The van der Waals surface area contributed by atoms with Crippen LogP contribution in [0.4, 0.5) is 18.9 Å². The summed E-state index contributed by atoms with van der Waals surface area (Å²) in [5.41, 5.74) is -1.24. The van der Waals surface area contributed by atoms with Crippen LogP contribution in [0.25, 0.3) is 0 Å². The number of alkyl halides is 3. The van der Waals surface area contributed by atoms with Crippen LogP contribution in [0.1, 0.15) is 48.2 Å². The molecule has 1 aliphatic carbocycles. The van der Waals surface area contributed by atoms with Crippen molar-refractivity contribution >= 4 is 52.2 Å². The van der Waals surface area contributed by atoms with Gasteiger partial charge in [0.05, 0.1) is 5.56 Å². The molecule has 3 rings (SSSR count). The van der Waals surface area contributed by atoms with Crippen molar-refractivity contribution in [3.63, 3.8) is 0 Å². The second-order valence-electron chi connectivity index (χ2n) is 6.96. The number of carbonyl (C=O) groups excluding carboxylic acids is 2. The molecule has 1 saturated carbocycles. The number of carbonyl (C=O) groups is 2. The molecular weight excluding hydrogens is 462 g/mol. The maximum absolute atomic E-state index is 13.2. The van der Waals surface area contributed by atoms with Crippen LogP contribution < -0.4 is 10.2 Å². The maximum atomic E-state index is 13.2. The van der Waals surface area contributed by atoms with Crippen molar-refractivity contribution in [2.45, 2.75) is 44.3 Å². The predicted molar refractivity (Wildman–Crippen MR) is 110 cm³/mol. The van der Waals surface area contributed by atoms with Crippen LogP contribution in [0.5, 0.6) is 0 Å². The van der Waals surface area contributed by atoms with Crippen LogP contribution in [0.2, 0.25) is 9.36 Å². The molecule has 0 bridgehead atoms. The molecule has 0 aliphatic heterocycles. The van der Waals surface area contributed by atoms with Crippen molar-refractivity contribution in [2.75, 3.05) is 11.4 Å². The Morgan fingerprint density at radius 1 is 1.20 bits per heavy atom. The lowest BCUT2D eigenvalue weighted by molar-refractivity contribution is -0.137. The van der Waals surface area contributed by atoms with E-state index >= 15 is 0 Å². The molecule has 0 spiro atoms. The van der Waals surface area contributed by atoms with E-state index < -0.39 is 30.1 Å². The number of rotatable bonds is 5. The van der Waals surface area contributed by atoms with Gasteiger partial charge in [0.25, 0.3) is 5.91 Å². The monoisotopic (exact) mass is 479 g/mol. The Balaban J connectivity index is 1.89. The smallest absolute Gasteiger partial charge is 0.352 e. The minimum atomic E-state index is -4.60. The number of hydrogen-bond donors (Lipinski definition) is 1. The Hall–Kier alpha value is -1.84. The molecule has 1 N–H and O–H groups in total. The highest BCUT2D eigenvalue weighted by atomic mass is 35.5. The van der Waals surface area contributed by atoms with Crippen LogP contribution in [0, 0.1) is 0 Å². The third-order valence-corrected chi connectivity index (χ3v) is 6.41. The zero-order valence-electron chi connectivity index (χ0n) is 15.6. The average Bonchev–Trinajstić information content (AvgIpc) is 3.04. The molecule has 1 aromatic carbocycles. The van der Waals surface area contributed by atoms with Crippen LogP contribution in [-0.4, -0.2) is 28.8 Å². The molecular formula is C19H18Cl2F3N3O2S. The molecule has 162 valence electrons. The number of anilines is 1. The molecule has 2 aromatic rings. The number of benzene rings is 1. The first-order valence-electron chi connectivity index (χ1n) is 9.26. The van der Waals surface area contributed by atoms with E-state index in [0.29, 0.717) is 0 Å². The van der Waals surface area contributed by atoms with Gasteiger partial charge in [0.2, 0.25) is 5.91 Å². The largest absolute Gasteiger partial charge is 0.416 e. The first kappa shape index (κ1) is 22.8. The molecule has 2 amide bonds. The molecule has 5 nitrogen and oxygen atoms in total.